The maximum Gasteiger partial charge on any atom is 0.319 e. The smallest absolute Gasteiger partial charge is 0.319 e. The summed E-state index contributed by atoms with van der Waals surface area (Å²) in [7, 11) is 0. The zero-order valence-electron chi connectivity index (χ0n) is 11.6. The highest BCUT2D eigenvalue weighted by Crippen LogP contribution is 2.26. The topological polar surface area (TPSA) is 41.1 Å². The molecule has 0 radical (unpaired) electrons. The Morgan fingerprint density at radius 2 is 1.78 bits per heavy atom. The Morgan fingerprint density at radius 1 is 1.22 bits per heavy atom. The number of nitrogens with one attached hydrogen (secondary N) is 2. The highest BCUT2D eigenvalue weighted by atomic mass is 16.2. The predicted molar refractivity (Wildman–Crippen MR) is 75.2 cm³/mol. The molecule has 1 aliphatic rings. The van der Waals surface area contributed by atoms with Crippen LogP contribution < -0.4 is 10.6 Å². The second-order valence-corrected chi connectivity index (χ2v) is 5.56. The molecule has 2 N–H and O–H groups in total. The van der Waals surface area contributed by atoms with Gasteiger partial charge in [0.25, 0.3) is 0 Å². The first kappa shape index (κ1) is 12.9. The monoisotopic (exact) mass is 246 g/mol. The van der Waals surface area contributed by atoms with Crippen molar-refractivity contribution in [3.05, 3.63) is 28.8 Å². The number of hydrogen-bond donors (Lipinski definition) is 2. The van der Waals surface area contributed by atoms with Gasteiger partial charge in [0.05, 0.1) is 0 Å². The molecule has 0 spiro atoms. The maximum atomic E-state index is 11.8. The lowest BCUT2D eigenvalue weighted by Gasteiger charge is -2.15. The van der Waals surface area contributed by atoms with Crippen LogP contribution in [0.1, 0.15) is 49.3 Å². The molecule has 0 unspecified atom stereocenters. The Kier molecular flexibility index (Phi) is 3.60. The van der Waals surface area contributed by atoms with E-state index >= 15 is 0 Å². The third-order valence-corrected chi connectivity index (χ3v) is 3.37. The van der Waals surface area contributed by atoms with Gasteiger partial charge >= 0.3 is 6.03 Å². The Balaban J connectivity index is 2.14. The van der Waals surface area contributed by atoms with Gasteiger partial charge in [-0.2, -0.15) is 0 Å². The van der Waals surface area contributed by atoms with Gasteiger partial charge in [-0.15, -0.1) is 0 Å². The molecule has 1 aromatic rings. The standard InChI is InChI=1S/C15H22N2O/c1-9(2)12-7-10(3)14(11(4)8-12)17-15(18)16-13-5-6-13/h7-9,13H,5-6H2,1-4H3,(H2,16,17,18). The van der Waals surface area contributed by atoms with Crippen molar-refractivity contribution < 1.29 is 4.79 Å². The second kappa shape index (κ2) is 5.01. The van der Waals surface area contributed by atoms with Crippen LogP contribution in [0.5, 0.6) is 0 Å². The fourth-order valence-electron chi connectivity index (χ4n) is 2.09. The van der Waals surface area contributed by atoms with Crippen molar-refractivity contribution in [1.29, 1.82) is 0 Å². The van der Waals surface area contributed by atoms with Gasteiger partial charge < -0.3 is 10.6 Å². The molecule has 0 saturated heterocycles. The van der Waals surface area contributed by atoms with E-state index in [4.69, 9.17) is 0 Å². The van der Waals surface area contributed by atoms with Gasteiger partial charge in [-0.1, -0.05) is 26.0 Å². The molecule has 0 aliphatic heterocycles. The van der Waals surface area contributed by atoms with Crippen molar-refractivity contribution in [3.8, 4) is 0 Å². The number of anilines is 1. The van der Waals surface area contributed by atoms with Crippen LogP contribution in [0.4, 0.5) is 10.5 Å². The van der Waals surface area contributed by atoms with E-state index in [9.17, 15) is 4.79 Å². The van der Waals surface area contributed by atoms with Crippen LogP contribution >= 0.6 is 0 Å². The quantitative estimate of drug-likeness (QED) is 0.838. The van der Waals surface area contributed by atoms with E-state index in [1.165, 1.54) is 5.56 Å². The summed E-state index contributed by atoms with van der Waals surface area (Å²) >= 11 is 0. The molecule has 18 heavy (non-hydrogen) atoms. The van der Waals surface area contributed by atoms with Crippen molar-refractivity contribution >= 4 is 11.7 Å². The molecule has 1 fully saturated rings. The van der Waals surface area contributed by atoms with Gasteiger partial charge in [-0.3, -0.25) is 0 Å². The second-order valence-electron chi connectivity index (χ2n) is 5.56. The molecule has 2 amide bonds. The number of aryl methyl sites for hydroxylation is 2. The number of carbonyl (C=O) groups excluding carboxylic acids is 1. The van der Waals surface area contributed by atoms with Gasteiger partial charge in [0.15, 0.2) is 0 Å². The molecule has 1 saturated carbocycles. The van der Waals surface area contributed by atoms with E-state index in [1.807, 2.05) is 13.8 Å². The Labute approximate surface area is 109 Å². The number of urea groups is 1. The minimum atomic E-state index is -0.0824. The molecule has 0 heterocycles. The molecule has 0 bridgehead atoms. The summed E-state index contributed by atoms with van der Waals surface area (Å²) in [6.45, 7) is 8.46. The first-order chi connectivity index (χ1) is 8.47. The van der Waals surface area contributed by atoms with Crippen molar-refractivity contribution in [2.45, 2.75) is 52.5 Å². The van der Waals surface area contributed by atoms with Crippen LogP contribution in [-0.2, 0) is 0 Å². The third kappa shape index (κ3) is 3.03. The minimum Gasteiger partial charge on any atom is -0.335 e. The predicted octanol–water partition coefficient (Wildman–Crippen LogP) is 3.71. The molecule has 1 aliphatic carbocycles. The fraction of sp³-hybridized carbons (Fsp3) is 0.533. The van der Waals surface area contributed by atoms with E-state index in [2.05, 4.69) is 36.6 Å². The lowest BCUT2D eigenvalue weighted by molar-refractivity contribution is 0.251. The molecule has 3 heteroatoms. The van der Waals surface area contributed by atoms with E-state index in [0.717, 1.165) is 29.7 Å². The van der Waals surface area contributed by atoms with Gasteiger partial charge in [-0.05, 0) is 49.3 Å². The lowest BCUT2D eigenvalue weighted by atomic mass is 9.97. The molecule has 1 aromatic carbocycles. The summed E-state index contributed by atoms with van der Waals surface area (Å²) < 4.78 is 0. The van der Waals surface area contributed by atoms with E-state index in [-0.39, 0.29) is 6.03 Å². The minimum absolute atomic E-state index is 0.0824. The summed E-state index contributed by atoms with van der Waals surface area (Å²) in [4.78, 5) is 11.8. The first-order valence-corrected chi connectivity index (χ1v) is 6.66. The van der Waals surface area contributed by atoms with Gasteiger partial charge in [-0.25, -0.2) is 4.79 Å². The number of amides is 2. The van der Waals surface area contributed by atoms with Crippen LogP contribution in [0.3, 0.4) is 0 Å². The molecule has 0 atom stereocenters. The third-order valence-electron chi connectivity index (χ3n) is 3.37. The highest BCUT2D eigenvalue weighted by molar-refractivity contribution is 5.91. The van der Waals surface area contributed by atoms with E-state index in [1.54, 1.807) is 0 Å². The molecule has 2 rings (SSSR count). The van der Waals surface area contributed by atoms with Crippen LogP contribution in [0.15, 0.2) is 12.1 Å². The zero-order chi connectivity index (χ0) is 13.3. The van der Waals surface area contributed by atoms with E-state index in [0.29, 0.717) is 12.0 Å². The highest BCUT2D eigenvalue weighted by Gasteiger charge is 2.23. The molecular weight excluding hydrogens is 224 g/mol. The van der Waals surface area contributed by atoms with Crippen molar-refractivity contribution in [3.63, 3.8) is 0 Å². The van der Waals surface area contributed by atoms with Gasteiger partial charge in [0.2, 0.25) is 0 Å². The fourth-order valence-corrected chi connectivity index (χ4v) is 2.09. The first-order valence-electron chi connectivity index (χ1n) is 6.66. The Hall–Kier alpha value is -1.51. The largest absolute Gasteiger partial charge is 0.335 e. The maximum absolute atomic E-state index is 11.8. The summed E-state index contributed by atoms with van der Waals surface area (Å²) in [6.07, 6.45) is 2.22. The molecule has 3 nitrogen and oxygen atoms in total. The average molecular weight is 246 g/mol. The van der Waals surface area contributed by atoms with Crippen LogP contribution in [0.25, 0.3) is 0 Å². The summed E-state index contributed by atoms with van der Waals surface area (Å²) in [5.74, 6) is 0.511. The molecular formula is C15H22N2O. The molecule has 0 aromatic heterocycles. The lowest BCUT2D eigenvalue weighted by Crippen LogP contribution is -2.31. The van der Waals surface area contributed by atoms with Crippen LogP contribution in [-0.4, -0.2) is 12.1 Å². The van der Waals surface area contributed by atoms with Crippen molar-refractivity contribution in [1.82, 2.24) is 5.32 Å². The van der Waals surface area contributed by atoms with Crippen molar-refractivity contribution in [2.24, 2.45) is 0 Å². The summed E-state index contributed by atoms with van der Waals surface area (Å²) in [5, 5.41) is 5.91. The summed E-state index contributed by atoms with van der Waals surface area (Å²) in [5.41, 5.74) is 4.52. The number of benzene rings is 1. The number of rotatable bonds is 3. The Bertz CT molecular complexity index is 439. The van der Waals surface area contributed by atoms with Crippen molar-refractivity contribution in [2.75, 3.05) is 5.32 Å². The SMILES string of the molecule is Cc1cc(C(C)C)cc(C)c1NC(=O)NC1CC1. The van der Waals surface area contributed by atoms with Crippen LogP contribution in [0, 0.1) is 13.8 Å². The van der Waals surface area contributed by atoms with Gasteiger partial charge in [0, 0.05) is 11.7 Å². The number of carbonyl (C=O) groups is 1. The van der Waals surface area contributed by atoms with Crippen LogP contribution in [0.2, 0.25) is 0 Å². The van der Waals surface area contributed by atoms with Gasteiger partial charge in [0.1, 0.15) is 0 Å². The summed E-state index contributed by atoms with van der Waals surface area (Å²) in [6, 6.07) is 4.62. The number of hydrogen-bond acceptors (Lipinski definition) is 1. The normalized spacial score (nSPS) is 14.7. The molecule has 98 valence electrons. The Morgan fingerprint density at radius 3 is 2.22 bits per heavy atom. The average Bonchev–Trinajstić information content (AvgIpc) is 3.06. The zero-order valence-corrected chi connectivity index (χ0v) is 11.6. The van der Waals surface area contributed by atoms with E-state index < -0.39 is 0 Å².